The Morgan fingerprint density at radius 2 is 1.82 bits per heavy atom. The molecule has 0 aliphatic carbocycles. The molecule has 6 N–H and O–H groups in total. The fourth-order valence-corrected chi connectivity index (χ4v) is 4.28. The van der Waals surface area contributed by atoms with Crippen molar-refractivity contribution in [2.45, 2.75) is 37.5 Å². The third-order valence-electron chi connectivity index (χ3n) is 6.06. The van der Waals surface area contributed by atoms with Crippen LogP contribution in [-0.2, 0) is 33.8 Å². The molecular weight excluding hydrogens is 424 g/mol. The highest BCUT2D eigenvalue weighted by Crippen LogP contribution is 2.25. The molecule has 2 heterocycles. The lowest BCUT2D eigenvalue weighted by Crippen LogP contribution is -2.59. The molecule has 4 rings (SSSR count). The number of carboxylic acids is 1. The van der Waals surface area contributed by atoms with E-state index in [0.717, 1.165) is 27.6 Å². The number of nitrogens with one attached hydrogen (secondary N) is 2. The van der Waals surface area contributed by atoms with Gasteiger partial charge in [0.2, 0.25) is 11.8 Å². The molecule has 33 heavy (non-hydrogen) atoms. The van der Waals surface area contributed by atoms with E-state index >= 15 is 0 Å². The van der Waals surface area contributed by atoms with Gasteiger partial charge in [0.05, 0.1) is 12.6 Å². The summed E-state index contributed by atoms with van der Waals surface area (Å²) in [4.78, 5) is 42.3. The van der Waals surface area contributed by atoms with Crippen LogP contribution < -0.4 is 11.1 Å². The number of aromatic nitrogens is 1. The maximum absolute atomic E-state index is 13.4. The average Bonchev–Trinajstić information content (AvgIpc) is 3.23. The van der Waals surface area contributed by atoms with Gasteiger partial charge in [-0.05, 0) is 29.2 Å². The van der Waals surface area contributed by atoms with Crippen molar-refractivity contribution in [2.24, 2.45) is 5.73 Å². The number of H-pyrrole nitrogens is 1. The van der Waals surface area contributed by atoms with Crippen LogP contribution in [-0.4, -0.2) is 62.6 Å². The van der Waals surface area contributed by atoms with Gasteiger partial charge in [0.1, 0.15) is 12.1 Å². The third-order valence-corrected chi connectivity index (χ3v) is 6.06. The van der Waals surface area contributed by atoms with Gasteiger partial charge in [-0.3, -0.25) is 9.59 Å². The minimum Gasteiger partial charge on any atom is -0.480 e. The lowest BCUT2D eigenvalue weighted by molar-refractivity contribution is -0.146. The van der Waals surface area contributed by atoms with Gasteiger partial charge in [-0.1, -0.05) is 42.5 Å². The normalized spacial score (nSPS) is 17.3. The minimum atomic E-state index is -1.45. The molecule has 0 unspecified atom stereocenters. The quantitative estimate of drug-likeness (QED) is 0.355. The summed E-state index contributed by atoms with van der Waals surface area (Å²) in [5, 5.41) is 21.8. The van der Waals surface area contributed by atoms with Crippen molar-refractivity contribution in [3.05, 3.63) is 71.4 Å². The van der Waals surface area contributed by atoms with Gasteiger partial charge >= 0.3 is 5.97 Å². The van der Waals surface area contributed by atoms with E-state index in [1.807, 2.05) is 54.7 Å². The SMILES string of the molecule is N[C@@H](Cc1c[nH]c2ccccc12)C(=O)N1Cc2ccccc2C[C@H]1C(=O)N[C@@H](CO)C(=O)O. The predicted molar refractivity (Wildman–Crippen MR) is 121 cm³/mol. The van der Waals surface area contributed by atoms with Crippen LogP contribution in [0.3, 0.4) is 0 Å². The number of hydrogen-bond donors (Lipinski definition) is 5. The van der Waals surface area contributed by atoms with Crippen LogP contribution in [0.4, 0.5) is 0 Å². The Kier molecular flexibility index (Phi) is 6.43. The first-order valence-corrected chi connectivity index (χ1v) is 10.7. The molecule has 9 heteroatoms. The van der Waals surface area contributed by atoms with E-state index in [4.69, 9.17) is 5.73 Å². The number of rotatable bonds is 7. The Hall–Kier alpha value is -3.69. The lowest BCUT2D eigenvalue weighted by atomic mass is 9.92. The lowest BCUT2D eigenvalue weighted by Gasteiger charge is -2.37. The van der Waals surface area contributed by atoms with Gasteiger partial charge in [0.25, 0.3) is 0 Å². The second kappa shape index (κ2) is 9.43. The number of carbonyl (C=O) groups excluding carboxylic acids is 2. The number of para-hydroxylation sites is 1. The summed E-state index contributed by atoms with van der Waals surface area (Å²) >= 11 is 0. The zero-order chi connectivity index (χ0) is 23.5. The fourth-order valence-electron chi connectivity index (χ4n) is 4.28. The van der Waals surface area contributed by atoms with Crippen LogP contribution in [0.5, 0.6) is 0 Å². The molecule has 3 atom stereocenters. The van der Waals surface area contributed by atoms with Crippen molar-refractivity contribution in [3.8, 4) is 0 Å². The first-order chi connectivity index (χ1) is 15.9. The van der Waals surface area contributed by atoms with Crippen molar-refractivity contribution in [1.29, 1.82) is 0 Å². The van der Waals surface area contributed by atoms with Gasteiger partial charge in [-0.2, -0.15) is 0 Å². The van der Waals surface area contributed by atoms with Crippen molar-refractivity contribution in [1.82, 2.24) is 15.2 Å². The van der Waals surface area contributed by atoms with Crippen LogP contribution >= 0.6 is 0 Å². The number of aromatic amines is 1. The number of aliphatic hydroxyl groups excluding tert-OH is 1. The van der Waals surface area contributed by atoms with Gasteiger partial charge in [-0.15, -0.1) is 0 Å². The van der Waals surface area contributed by atoms with Crippen LogP contribution in [0.2, 0.25) is 0 Å². The highest BCUT2D eigenvalue weighted by atomic mass is 16.4. The summed E-state index contributed by atoms with van der Waals surface area (Å²) in [5.74, 6) is -2.39. The number of aliphatic hydroxyl groups is 1. The summed E-state index contributed by atoms with van der Waals surface area (Å²) < 4.78 is 0. The molecule has 1 aromatic heterocycles. The maximum Gasteiger partial charge on any atom is 0.328 e. The van der Waals surface area contributed by atoms with E-state index in [0.29, 0.717) is 0 Å². The largest absolute Gasteiger partial charge is 0.480 e. The number of fused-ring (bicyclic) bond motifs is 2. The molecule has 0 saturated heterocycles. The van der Waals surface area contributed by atoms with E-state index in [-0.39, 0.29) is 19.4 Å². The Labute approximate surface area is 190 Å². The molecule has 0 spiro atoms. The van der Waals surface area contributed by atoms with Gasteiger partial charge in [0, 0.05) is 30.1 Å². The molecule has 9 nitrogen and oxygen atoms in total. The van der Waals surface area contributed by atoms with Crippen molar-refractivity contribution in [2.75, 3.05) is 6.61 Å². The molecule has 1 aliphatic heterocycles. The first-order valence-electron chi connectivity index (χ1n) is 10.7. The molecule has 0 saturated carbocycles. The molecule has 1 aliphatic rings. The third kappa shape index (κ3) is 4.59. The van der Waals surface area contributed by atoms with Crippen LogP contribution in [0, 0.1) is 0 Å². The number of hydrogen-bond acceptors (Lipinski definition) is 5. The zero-order valence-electron chi connectivity index (χ0n) is 17.9. The molecule has 0 radical (unpaired) electrons. The van der Waals surface area contributed by atoms with Crippen molar-refractivity contribution >= 4 is 28.7 Å². The Balaban J connectivity index is 1.58. The number of amides is 2. The number of benzene rings is 2. The minimum absolute atomic E-state index is 0.186. The monoisotopic (exact) mass is 450 g/mol. The Bertz CT molecular complexity index is 1190. The number of nitrogens with two attached hydrogens (primary N) is 1. The van der Waals surface area contributed by atoms with E-state index in [2.05, 4.69) is 10.3 Å². The van der Waals surface area contributed by atoms with Crippen molar-refractivity contribution in [3.63, 3.8) is 0 Å². The summed E-state index contributed by atoms with van der Waals surface area (Å²) in [6.45, 7) is -0.566. The second-order valence-corrected chi connectivity index (χ2v) is 8.21. The van der Waals surface area contributed by atoms with E-state index in [9.17, 15) is 24.6 Å². The Morgan fingerprint density at radius 3 is 2.55 bits per heavy atom. The molecule has 172 valence electrons. The summed E-state index contributed by atoms with van der Waals surface area (Å²) in [6, 6.07) is 11.9. The zero-order valence-corrected chi connectivity index (χ0v) is 17.9. The van der Waals surface area contributed by atoms with Crippen LogP contribution in [0.25, 0.3) is 10.9 Å². The molecular formula is C24H26N4O5. The summed E-state index contributed by atoms with van der Waals surface area (Å²) in [5.41, 5.74) is 9.97. The van der Waals surface area contributed by atoms with E-state index in [1.54, 1.807) is 0 Å². The molecule has 2 aromatic carbocycles. The van der Waals surface area contributed by atoms with Gasteiger partial charge in [0.15, 0.2) is 0 Å². The van der Waals surface area contributed by atoms with E-state index < -0.39 is 42.5 Å². The van der Waals surface area contributed by atoms with Crippen molar-refractivity contribution < 1.29 is 24.6 Å². The second-order valence-electron chi connectivity index (χ2n) is 8.21. The van der Waals surface area contributed by atoms with Crippen LogP contribution in [0.1, 0.15) is 16.7 Å². The fraction of sp³-hybridized carbons (Fsp3) is 0.292. The predicted octanol–water partition coefficient (Wildman–Crippen LogP) is 0.553. The molecule has 0 bridgehead atoms. The number of nitrogens with zero attached hydrogens (tertiary/aromatic N) is 1. The molecule has 3 aromatic rings. The highest BCUT2D eigenvalue weighted by Gasteiger charge is 2.37. The maximum atomic E-state index is 13.4. The Morgan fingerprint density at radius 1 is 1.12 bits per heavy atom. The average molecular weight is 450 g/mol. The van der Waals surface area contributed by atoms with Gasteiger partial charge in [-0.25, -0.2) is 4.79 Å². The van der Waals surface area contributed by atoms with Crippen LogP contribution in [0.15, 0.2) is 54.7 Å². The standard InChI is InChI=1S/C24H26N4O5/c25-18(9-16-11-26-19-8-4-3-7-17(16)19)23(31)28-12-15-6-2-1-5-14(15)10-21(28)22(30)27-20(13-29)24(32)33/h1-8,11,18,20-21,26,29H,9-10,12-13,25H2,(H,27,30)(H,32,33)/t18-,20-,21-/m0/s1. The molecule has 0 fully saturated rings. The smallest absolute Gasteiger partial charge is 0.328 e. The summed E-state index contributed by atoms with van der Waals surface area (Å²) in [6.07, 6.45) is 2.33. The summed E-state index contributed by atoms with van der Waals surface area (Å²) in [7, 11) is 0. The topological polar surface area (TPSA) is 149 Å². The number of aliphatic carboxylic acids is 1. The number of carboxylic acid groups (broad SMARTS) is 1. The molecule has 2 amide bonds. The van der Waals surface area contributed by atoms with Gasteiger partial charge < -0.3 is 31.1 Å². The highest BCUT2D eigenvalue weighted by molar-refractivity contribution is 5.93. The van der Waals surface area contributed by atoms with E-state index in [1.165, 1.54) is 4.90 Å². The number of carbonyl (C=O) groups is 3. The first kappa shape index (κ1) is 22.5.